The first-order chi connectivity index (χ1) is 11.3. The molecule has 7 heteroatoms. The fourth-order valence-electron chi connectivity index (χ4n) is 2.40. The number of hydrogen-bond donors (Lipinski definition) is 1. The minimum absolute atomic E-state index is 0.0877. The van der Waals surface area contributed by atoms with Crippen LogP contribution in [0.3, 0.4) is 0 Å². The number of amides is 2. The largest absolute Gasteiger partial charge is 0.354 e. The molecule has 3 rings (SSSR count). The third-order valence-electron chi connectivity index (χ3n) is 3.63. The van der Waals surface area contributed by atoms with Crippen molar-refractivity contribution in [2.24, 2.45) is 0 Å². The van der Waals surface area contributed by atoms with E-state index >= 15 is 0 Å². The van der Waals surface area contributed by atoms with Gasteiger partial charge in [-0.2, -0.15) is 0 Å². The Morgan fingerprint density at radius 3 is 2.87 bits per heavy atom. The summed E-state index contributed by atoms with van der Waals surface area (Å²) in [6.45, 7) is 0.539. The Morgan fingerprint density at radius 1 is 1.30 bits per heavy atom. The van der Waals surface area contributed by atoms with E-state index in [0.29, 0.717) is 30.2 Å². The lowest BCUT2D eigenvalue weighted by Crippen LogP contribution is -2.47. The summed E-state index contributed by atoms with van der Waals surface area (Å²) in [4.78, 5) is 30.8. The van der Waals surface area contributed by atoms with Crippen LogP contribution in [0.2, 0.25) is 0 Å². The molecule has 1 fully saturated rings. The van der Waals surface area contributed by atoms with Crippen molar-refractivity contribution in [2.45, 2.75) is 12.5 Å². The standard InChI is InChI=1S/C16H17N3O2S2/c20-15(17-7-6-13-8-22-10-18-13)14-9-23-11-19(14)16(21)12-4-2-1-3-5-12/h1-5,8,10,14H,6-7,9,11H2,(H,17,20)/t14-/m1/s1. The normalized spacial score (nSPS) is 17.2. The average Bonchev–Trinajstić information content (AvgIpc) is 3.26. The zero-order valence-electron chi connectivity index (χ0n) is 12.5. The Labute approximate surface area is 143 Å². The number of carbonyl (C=O) groups is 2. The predicted molar refractivity (Wildman–Crippen MR) is 92.6 cm³/mol. The molecule has 1 N–H and O–H groups in total. The lowest BCUT2D eigenvalue weighted by atomic mass is 10.1. The van der Waals surface area contributed by atoms with Crippen LogP contribution in [0.1, 0.15) is 16.1 Å². The zero-order chi connectivity index (χ0) is 16.1. The summed E-state index contributed by atoms with van der Waals surface area (Å²) in [5.41, 5.74) is 3.38. The topological polar surface area (TPSA) is 62.3 Å². The van der Waals surface area contributed by atoms with Gasteiger partial charge in [-0.05, 0) is 12.1 Å². The molecule has 0 unspecified atom stereocenters. The van der Waals surface area contributed by atoms with Gasteiger partial charge in [0, 0.05) is 29.7 Å². The van der Waals surface area contributed by atoms with E-state index in [-0.39, 0.29) is 11.8 Å². The molecular weight excluding hydrogens is 330 g/mol. The Morgan fingerprint density at radius 2 is 2.13 bits per heavy atom. The van der Waals surface area contributed by atoms with Crippen LogP contribution in [0.4, 0.5) is 0 Å². The molecule has 1 aromatic carbocycles. The van der Waals surface area contributed by atoms with Gasteiger partial charge < -0.3 is 10.2 Å². The highest BCUT2D eigenvalue weighted by Gasteiger charge is 2.34. The lowest BCUT2D eigenvalue weighted by molar-refractivity contribution is -0.124. The van der Waals surface area contributed by atoms with Crippen molar-refractivity contribution >= 4 is 34.9 Å². The van der Waals surface area contributed by atoms with E-state index in [1.54, 1.807) is 45.6 Å². The van der Waals surface area contributed by atoms with E-state index in [0.717, 1.165) is 5.69 Å². The highest BCUT2D eigenvalue weighted by molar-refractivity contribution is 7.99. The summed E-state index contributed by atoms with van der Waals surface area (Å²) in [5, 5.41) is 4.89. The van der Waals surface area contributed by atoms with Crippen LogP contribution < -0.4 is 5.32 Å². The third-order valence-corrected chi connectivity index (χ3v) is 5.28. The van der Waals surface area contributed by atoms with Gasteiger partial charge in [-0.3, -0.25) is 9.59 Å². The molecule has 2 heterocycles. The quantitative estimate of drug-likeness (QED) is 0.899. The van der Waals surface area contributed by atoms with Crippen molar-refractivity contribution in [2.75, 3.05) is 18.2 Å². The fraction of sp³-hybridized carbons (Fsp3) is 0.312. The van der Waals surface area contributed by atoms with Crippen LogP contribution in [0, 0.1) is 0 Å². The first-order valence-corrected chi connectivity index (χ1v) is 9.44. The summed E-state index contributed by atoms with van der Waals surface area (Å²) >= 11 is 3.15. The highest BCUT2D eigenvalue weighted by atomic mass is 32.2. The number of carbonyl (C=O) groups excluding carboxylic acids is 2. The number of hydrogen-bond acceptors (Lipinski definition) is 5. The van der Waals surface area contributed by atoms with Crippen LogP contribution in [0.15, 0.2) is 41.2 Å². The Bertz CT molecular complexity index is 661. The van der Waals surface area contributed by atoms with Crippen LogP contribution >= 0.6 is 23.1 Å². The molecule has 1 aromatic heterocycles. The fourth-order valence-corrected chi connectivity index (χ4v) is 4.15. The maximum Gasteiger partial charge on any atom is 0.255 e. The van der Waals surface area contributed by atoms with E-state index in [9.17, 15) is 9.59 Å². The molecule has 1 aliphatic heterocycles. The molecule has 120 valence electrons. The SMILES string of the molecule is O=C(NCCc1cscn1)[C@H]1CSCN1C(=O)c1ccccc1. The van der Waals surface area contributed by atoms with E-state index in [1.165, 1.54) is 0 Å². The number of thiazole rings is 1. The monoisotopic (exact) mass is 347 g/mol. The second-order valence-electron chi connectivity index (χ2n) is 5.18. The number of aromatic nitrogens is 1. The van der Waals surface area contributed by atoms with E-state index < -0.39 is 6.04 Å². The molecule has 0 aliphatic carbocycles. The van der Waals surface area contributed by atoms with Crippen molar-refractivity contribution in [1.29, 1.82) is 0 Å². The number of benzene rings is 1. The molecule has 0 saturated carbocycles. The Hall–Kier alpha value is -1.86. The molecule has 2 aromatic rings. The number of rotatable bonds is 5. The van der Waals surface area contributed by atoms with Gasteiger partial charge in [0.15, 0.2) is 0 Å². The van der Waals surface area contributed by atoms with Gasteiger partial charge in [0.25, 0.3) is 5.91 Å². The van der Waals surface area contributed by atoms with Gasteiger partial charge in [0.05, 0.1) is 17.1 Å². The van der Waals surface area contributed by atoms with Gasteiger partial charge in [0.2, 0.25) is 5.91 Å². The lowest BCUT2D eigenvalue weighted by Gasteiger charge is -2.23. The second kappa shape index (κ2) is 7.61. The van der Waals surface area contributed by atoms with Crippen molar-refractivity contribution in [1.82, 2.24) is 15.2 Å². The molecule has 1 saturated heterocycles. The average molecular weight is 347 g/mol. The molecule has 0 radical (unpaired) electrons. The number of nitrogens with one attached hydrogen (secondary N) is 1. The number of thioether (sulfide) groups is 1. The number of nitrogens with zero attached hydrogens (tertiary/aromatic N) is 2. The van der Waals surface area contributed by atoms with Crippen molar-refractivity contribution < 1.29 is 9.59 Å². The van der Waals surface area contributed by atoms with Crippen LogP contribution in [0.5, 0.6) is 0 Å². The Balaban J connectivity index is 1.57. The maximum absolute atomic E-state index is 12.5. The van der Waals surface area contributed by atoms with Crippen molar-refractivity contribution in [3.63, 3.8) is 0 Å². The van der Waals surface area contributed by atoms with E-state index in [4.69, 9.17) is 0 Å². The summed E-state index contributed by atoms with van der Waals surface area (Å²) in [6, 6.07) is 8.70. The summed E-state index contributed by atoms with van der Waals surface area (Å²) in [5.74, 6) is 1.02. The minimum Gasteiger partial charge on any atom is -0.354 e. The summed E-state index contributed by atoms with van der Waals surface area (Å²) in [7, 11) is 0. The maximum atomic E-state index is 12.5. The van der Waals surface area contributed by atoms with Gasteiger partial charge in [-0.25, -0.2) is 4.98 Å². The van der Waals surface area contributed by atoms with Gasteiger partial charge >= 0.3 is 0 Å². The highest BCUT2D eigenvalue weighted by Crippen LogP contribution is 2.23. The first-order valence-electron chi connectivity index (χ1n) is 7.34. The minimum atomic E-state index is -0.400. The molecule has 5 nitrogen and oxygen atoms in total. The second-order valence-corrected chi connectivity index (χ2v) is 6.90. The van der Waals surface area contributed by atoms with Crippen molar-refractivity contribution in [3.05, 3.63) is 52.5 Å². The summed E-state index contributed by atoms with van der Waals surface area (Å²) in [6.07, 6.45) is 0.710. The molecular formula is C16H17N3O2S2. The van der Waals surface area contributed by atoms with Gasteiger partial charge in [0.1, 0.15) is 6.04 Å². The van der Waals surface area contributed by atoms with E-state index in [2.05, 4.69) is 10.3 Å². The van der Waals surface area contributed by atoms with Crippen LogP contribution in [-0.2, 0) is 11.2 Å². The smallest absolute Gasteiger partial charge is 0.255 e. The zero-order valence-corrected chi connectivity index (χ0v) is 14.1. The molecule has 1 atom stereocenters. The van der Waals surface area contributed by atoms with Crippen molar-refractivity contribution in [3.8, 4) is 0 Å². The molecule has 0 spiro atoms. The third kappa shape index (κ3) is 3.92. The molecule has 2 amide bonds. The Kier molecular flexibility index (Phi) is 5.30. The van der Waals surface area contributed by atoms with Gasteiger partial charge in [-0.15, -0.1) is 23.1 Å². The van der Waals surface area contributed by atoms with Crippen LogP contribution in [0.25, 0.3) is 0 Å². The molecule has 1 aliphatic rings. The predicted octanol–water partition coefficient (Wildman–Crippen LogP) is 2.02. The van der Waals surface area contributed by atoms with E-state index in [1.807, 2.05) is 23.6 Å². The first kappa shape index (κ1) is 16.0. The summed E-state index contributed by atoms with van der Waals surface area (Å²) < 4.78 is 0. The molecule has 0 bridgehead atoms. The molecule has 23 heavy (non-hydrogen) atoms. The van der Waals surface area contributed by atoms with Crippen LogP contribution in [-0.4, -0.2) is 45.9 Å². The van der Waals surface area contributed by atoms with Gasteiger partial charge in [-0.1, -0.05) is 18.2 Å².